The van der Waals surface area contributed by atoms with Crippen molar-refractivity contribution in [2.24, 2.45) is 0 Å². The topological polar surface area (TPSA) is 75.7 Å². The molecule has 0 bridgehead atoms. The first-order chi connectivity index (χ1) is 15.4. The van der Waals surface area contributed by atoms with E-state index in [4.69, 9.17) is 4.74 Å². The maximum Gasteiger partial charge on any atom is 0.241 e. The number of aryl methyl sites for hydroxylation is 1. The molecule has 166 valence electrons. The maximum atomic E-state index is 12.8. The second-order valence-corrected chi connectivity index (χ2v) is 9.47. The first-order valence-corrected chi connectivity index (χ1v) is 12.1. The predicted molar refractivity (Wildman–Crippen MR) is 124 cm³/mol. The average molecular weight is 451 g/mol. The summed E-state index contributed by atoms with van der Waals surface area (Å²) in [7, 11) is -3.65. The van der Waals surface area contributed by atoms with Crippen molar-refractivity contribution in [2.45, 2.75) is 30.7 Å². The van der Waals surface area contributed by atoms with Crippen molar-refractivity contribution >= 4 is 21.6 Å². The van der Waals surface area contributed by atoms with Crippen LogP contribution < -0.4 is 14.4 Å². The summed E-state index contributed by atoms with van der Waals surface area (Å²) >= 11 is 0. The summed E-state index contributed by atoms with van der Waals surface area (Å²) in [4.78, 5) is 14.7. The number of para-hydroxylation sites is 2. The summed E-state index contributed by atoms with van der Waals surface area (Å²) in [6.45, 7) is 2.82. The lowest BCUT2D eigenvalue weighted by Crippen LogP contribution is -2.38. The second-order valence-electron chi connectivity index (χ2n) is 7.76. The van der Waals surface area contributed by atoms with E-state index in [-0.39, 0.29) is 16.8 Å². The number of anilines is 1. The number of fused-ring (bicyclic) bond motifs is 1. The van der Waals surface area contributed by atoms with E-state index in [1.165, 1.54) is 0 Å². The van der Waals surface area contributed by atoms with Gasteiger partial charge in [-0.05, 0) is 48.7 Å². The zero-order valence-corrected chi connectivity index (χ0v) is 18.7. The van der Waals surface area contributed by atoms with E-state index >= 15 is 0 Å². The third-order valence-corrected chi connectivity index (χ3v) is 7.08. The number of carbonyl (C=O) groups excluding carboxylic acids is 1. The third kappa shape index (κ3) is 5.00. The molecule has 0 aromatic heterocycles. The minimum Gasteiger partial charge on any atom is -0.490 e. The summed E-state index contributed by atoms with van der Waals surface area (Å²) in [5.74, 6) is 0.745. The van der Waals surface area contributed by atoms with E-state index in [9.17, 15) is 13.2 Å². The van der Waals surface area contributed by atoms with E-state index in [1.54, 1.807) is 29.2 Å². The Morgan fingerprint density at radius 1 is 1.00 bits per heavy atom. The number of amides is 1. The van der Waals surface area contributed by atoms with Gasteiger partial charge in [-0.15, -0.1) is 0 Å². The molecule has 4 rings (SSSR count). The number of benzene rings is 3. The Morgan fingerprint density at radius 2 is 1.69 bits per heavy atom. The first-order valence-electron chi connectivity index (χ1n) is 10.6. The minimum absolute atomic E-state index is 0.0239. The minimum atomic E-state index is -3.65. The van der Waals surface area contributed by atoms with Crippen LogP contribution in [0.2, 0.25) is 0 Å². The largest absolute Gasteiger partial charge is 0.490 e. The maximum absolute atomic E-state index is 12.8. The summed E-state index contributed by atoms with van der Waals surface area (Å²) in [5.41, 5.74) is 2.61. The highest BCUT2D eigenvalue weighted by Crippen LogP contribution is 2.31. The molecular weight excluding hydrogens is 424 g/mol. The van der Waals surface area contributed by atoms with Crippen molar-refractivity contribution in [1.82, 2.24) is 4.72 Å². The van der Waals surface area contributed by atoms with Crippen LogP contribution >= 0.6 is 0 Å². The third-order valence-electron chi connectivity index (χ3n) is 5.52. The van der Waals surface area contributed by atoms with Gasteiger partial charge in [0.2, 0.25) is 15.9 Å². The van der Waals surface area contributed by atoms with E-state index in [0.717, 1.165) is 22.6 Å². The highest BCUT2D eigenvalue weighted by Gasteiger charge is 2.23. The molecule has 0 aliphatic carbocycles. The number of nitrogens with one attached hydrogen (secondary N) is 1. The van der Waals surface area contributed by atoms with E-state index in [0.29, 0.717) is 26.0 Å². The van der Waals surface area contributed by atoms with E-state index < -0.39 is 10.0 Å². The fraction of sp³-hybridized carbons (Fsp3) is 0.240. The second kappa shape index (κ2) is 9.54. The van der Waals surface area contributed by atoms with Gasteiger partial charge >= 0.3 is 0 Å². The van der Waals surface area contributed by atoms with Gasteiger partial charge in [-0.25, -0.2) is 13.1 Å². The lowest BCUT2D eigenvalue weighted by atomic mass is 10.1. The van der Waals surface area contributed by atoms with Crippen molar-refractivity contribution in [3.8, 4) is 5.75 Å². The summed E-state index contributed by atoms with van der Waals surface area (Å²) in [6, 6.07) is 23.3. The summed E-state index contributed by atoms with van der Waals surface area (Å²) in [5, 5.41) is 0. The Balaban J connectivity index is 1.37. The van der Waals surface area contributed by atoms with Gasteiger partial charge in [-0.1, -0.05) is 54.6 Å². The van der Waals surface area contributed by atoms with Crippen LogP contribution in [0.3, 0.4) is 0 Å². The zero-order valence-electron chi connectivity index (χ0n) is 17.9. The van der Waals surface area contributed by atoms with Gasteiger partial charge in [-0.3, -0.25) is 4.79 Å². The molecule has 3 aromatic carbocycles. The molecule has 0 saturated carbocycles. The van der Waals surface area contributed by atoms with E-state index in [2.05, 4.69) is 4.72 Å². The number of ether oxygens (including phenoxy) is 1. The Bertz CT molecular complexity index is 1180. The highest BCUT2D eigenvalue weighted by atomic mass is 32.2. The average Bonchev–Trinajstić information content (AvgIpc) is 2.82. The van der Waals surface area contributed by atoms with Gasteiger partial charge in [-0.2, -0.15) is 0 Å². The quantitative estimate of drug-likeness (QED) is 0.588. The SMILES string of the molecule is CC(NS(=O)(=O)c1ccc(CCC(=O)N2CCOc3ccccc32)cc1)c1ccccc1. The van der Waals surface area contributed by atoms with Gasteiger partial charge in [0.25, 0.3) is 0 Å². The molecule has 3 aromatic rings. The lowest BCUT2D eigenvalue weighted by Gasteiger charge is -2.29. The molecule has 32 heavy (non-hydrogen) atoms. The molecule has 1 aliphatic heterocycles. The number of carbonyl (C=O) groups is 1. The van der Waals surface area contributed by atoms with Crippen molar-refractivity contribution < 1.29 is 17.9 Å². The van der Waals surface area contributed by atoms with Crippen LogP contribution in [0.5, 0.6) is 5.75 Å². The predicted octanol–water partition coefficient (Wildman–Crippen LogP) is 4.08. The molecule has 1 N–H and O–H groups in total. The number of rotatable bonds is 7. The number of sulfonamides is 1. The summed E-state index contributed by atoms with van der Waals surface area (Å²) < 4.78 is 33.8. The molecule has 1 unspecified atom stereocenters. The molecule has 0 saturated heterocycles. The van der Waals surface area contributed by atoms with E-state index in [1.807, 2.05) is 61.5 Å². The van der Waals surface area contributed by atoms with Crippen LogP contribution in [0.1, 0.15) is 30.5 Å². The molecule has 0 spiro atoms. The van der Waals surface area contributed by atoms with Crippen LogP contribution in [0.15, 0.2) is 83.8 Å². The van der Waals surface area contributed by atoms with Gasteiger partial charge in [0, 0.05) is 12.5 Å². The molecular formula is C25H26N2O4S. The first kappa shape index (κ1) is 22.0. The zero-order chi connectivity index (χ0) is 22.6. The van der Waals surface area contributed by atoms with Crippen LogP contribution in [0, 0.1) is 0 Å². The smallest absolute Gasteiger partial charge is 0.241 e. The van der Waals surface area contributed by atoms with Crippen LogP contribution in [0.4, 0.5) is 5.69 Å². The highest BCUT2D eigenvalue weighted by molar-refractivity contribution is 7.89. The molecule has 0 fully saturated rings. The Morgan fingerprint density at radius 3 is 2.44 bits per heavy atom. The Hall–Kier alpha value is -3.16. The summed E-state index contributed by atoms with van der Waals surface area (Å²) in [6.07, 6.45) is 0.871. The number of nitrogens with zero attached hydrogens (tertiary/aromatic N) is 1. The Labute approximate surface area is 188 Å². The van der Waals surface area contributed by atoms with Crippen molar-refractivity contribution in [1.29, 1.82) is 0 Å². The molecule has 1 heterocycles. The fourth-order valence-electron chi connectivity index (χ4n) is 3.76. The van der Waals surface area contributed by atoms with Crippen LogP contribution in [0.25, 0.3) is 0 Å². The lowest BCUT2D eigenvalue weighted by molar-refractivity contribution is -0.118. The number of hydrogen-bond acceptors (Lipinski definition) is 4. The molecule has 7 heteroatoms. The normalized spacial score (nSPS) is 14.3. The van der Waals surface area contributed by atoms with Crippen LogP contribution in [-0.4, -0.2) is 27.5 Å². The fourth-order valence-corrected chi connectivity index (χ4v) is 4.99. The number of hydrogen-bond donors (Lipinski definition) is 1. The van der Waals surface area contributed by atoms with Gasteiger partial charge < -0.3 is 9.64 Å². The van der Waals surface area contributed by atoms with Crippen LogP contribution in [-0.2, 0) is 21.2 Å². The van der Waals surface area contributed by atoms with Gasteiger partial charge in [0.15, 0.2) is 0 Å². The molecule has 6 nitrogen and oxygen atoms in total. The monoisotopic (exact) mass is 450 g/mol. The molecule has 1 aliphatic rings. The van der Waals surface area contributed by atoms with Crippen molar-refractivity contribution in [3.05, 3.63) is 90.0 Å². The molecule has 0 radical (unpaired) electrons. The standard InChI is InChI=1S/C25H26N2O4S/c1-19(21-7-3-2-4-8-21)26-32(29,30)22-14-11-20(12-15-22)13-16-25(28)27-17-18-31-24-10-6-5-9-23(24)27/h2-12,14-15,19,26H,13,16-18H2,1H3. The molecule has 1 atom stereocenters. The van der Waals surface area contributed by atoms with Gasteiger partial charge in [0.05, 0.1) is 17.1 Å². The van der Waals surface area contributed by atoms with Gasteiger partial charge in [0.1, 0.15) is 12.4 Å². The Kier molecular flexibility index (Phi) is 6.58. The van der Waals surface area contributed by atoms with Crippen molar-refractivity contribution in [3.63, 3.8) is 0 Å². The molecule has 1 amide bonds. The van der Waals surface area contributed by atoms with Crippen molar-refractivity contribution in [2.75, 3.05) is 18.1 Å².